The smallest absolute Gasteiger partial charge is 0.273 e. The second-order valence-corrected chi connectivity index (χ2v) is 9.98. The Morgan fingerprint density at radius 2 is 1.94 bits per heavy atom. The van der Waals surface area contributed by atoms with Crippen molar-refractivity contribution in [3.63, 3.8) is 0 Å². The molecule has 1 saturated carbocycles. The lowest BCUT2D eigenvalue weighted by Gasteiger charge is -2.47. The number of aromatic nitrogens is 1. The molecule has 4 rings (SSSR count). The minimum absolute atomic E-state index is 0.0491. The fourth-order valence-corrected chi connectivity index (χ4v) is 5.32. The van der Waals surface area contributed by atoms with E-state index in [1.54, 1.807) is 15.5 Å². The molecule has 1 aliphatic carbocycles. The molecule has 0 bridgehead atoms. The maximum absolute atomic E-state index is 14.1. The molecule has 1 unspecified atom stereocenters. The zero-order chi connectivity index (χ0) is 23.9. The molecule has 2 N–H and O–H groups in total. The summed E-state index contributed by atoms with van der Waals surface area (Å²) in [7, 11) is 0. The number of nitrogens with zero attached hydrogens (tertiary/aromatic N) is 2. The first kappa shape index (κ1) is 23.3. The number of carbonyl (C=O) groups is 3. The van der Waals surface area contributed by atoms with Crippen molar-refractivity contribution in [2.75, 3.05) is 11.9 Å². The summed E-state index contributed by atoms with van der Waals surface area (Å²) in [5.41, 5.74) is 0.150. The maximum atomic E-state index is 14.1. The summed E-state index contributed by atoms with van der Waals surface area (Å²) >= 11 is 0. The van der Waals surface area contributed by atoms with E-state index in [-0.39, 0.29) is 30.3 Å². The normalized spacial score (nSPS) is 21.0. The van der Waals surface area contributed by atoms with Gasteiger partial charge in [-0.25, -0.2) is 4.39 Å². The Bertz CT molecular complexity index is 1100. The van der Waals surface area contributed by atoms with E-state index >= 15 is 0 Å². The van der Waals surface area contributed by atoms with Crippen LogP contribution in [0.4, 0.5) is 10.1 Å². The molecule has 1 atom stereocenters. The number of hydrogen-bond donors (Lipinski definition) is 2. The summed E-state index contributed by atoms with van der Waals surface area (Å²) in [6.45, 7) is 8.17. The number of hydrogen-bond acceptors (Lipinski definition) is 3. The molecule has 0 radical (unpaired) electrons. The number of fused-ring (bicyclic) bond motifs is 3. The standard InChI is InChI=1S/C25H33FN4O3/c1-15(2)11-12-27-24(33)25(4)14-29-20-10-9-17(26)13-19(20)21(28-16(3)31)22(29)23(32)30(25)18-7-5-6-8-18/h9-10,13,15,18H,5-8,11-12,14H2,1-4H3,(H,27,33)(H,28,31). The van der Waals surface area contributed by atoms with Gasteiger partial charge in [-0.1, -0.05) is 26.7 Å². The molecule has 2 aliphatic rings. The quantitative estimate of drug-likeness (QED) is 0.688. The van der Waals surface area contributed by atoms with Gasteiger partial charge in [0, 0.05) is 24.9 Å². The van der Waals surface area contributed by atoms with Gasteiger partial charge in [-0.2, -0.15) is 0 Å². The van der Waals surface area contributed by atoms with Gasteiger partial charge in [0.1, 0.15) is 17.1 Å². The number of carbonyl (C=O) groups excluding carboxylic acids is 3. The van der Waals surface area contributed by atoms with Crippen LogP contribution in [0, 0.1) is 11.7 Å². The van der Waals surface area contributed by atoms with Crippen LogP contribution in [0.25, 0.3) is 10.9 Å². The molecular formula is C25H33FN4O3. The average molecular weight is 457 g/mol. The summed E-state index contributed by atoms with van der Waals surface area (Å²) in [5, 5.41) is 6.27. The van der Waals surface area contributed by atoms with Crippen molar-refractivity contribution in [3.8, 4) is 0 Å². The van der Waals surface area contributed by atoms with Crippen molar-refractivity contribution in [1.29, 1.82) is 0 Å². The van der Waals surface area contributed by atoms with Crippen molar-refractivity contribution >= 4 is 34.3 Å². The van der Waals surface area contributed by atoms with Crippen molar-refractivity contribution in [3.05, 3.63) is 29.7 Å². The summed E-state index contributed by atoms with van der Waals surface area (Å²) in [4.78, 5) is 41.3. The molecule has 2 aromatic rings. The molecule has 1 aliphatic heterocycles. The Kier molecular flexibility index (Phi) is 6.20. The monoisotopic (exact) mass is 456 g/mol. The summed E-state index contributed by atoms with van der Waals surface area (Å²) in [5.74, 6) is -0.817. The van der Waals surface area contributed by atoms with Gasteiger partial charge in [0.2, 0.25) is 11.8 Å². The Morgan fingerprint density at radius 3 is 2.58 bits per heavy atom. The first-order chi connectivity index (χ1) is 15.6. The van der Waals surface area contributed by atoms with Crippen LogP contribution in [0.2, 0.25) is 0 Å². The topological polar surface area (TPSA) is 83.4 Å². The lowest BCUT2D eigenvalue weighted by Crippen LogP contribution is -2.66. The number of rotatable bonds is 6. The van der Waals surface area contributed by atoms with Crippen molar-refractivity contribution < 1.29 is 18.8 Å². The second kappa shape index (κ2) is 8.80. The lowest BCUT2D eigenvalue weighted by atomic mass is 9.91. The van der Waals surface area contributed by atoms with Gasteiger partial charge in [-0.3, -0.25) is 14.4 Å². The van der Waals surface area contributed by atoms with E-state index in [4.69, 9.17) is 0 Å². The predicted octanol–water partition coefficient (Wildman–Crippen LogP) is 4.06. The molecular weight excluding hydrogens is 423 g/mol. The number of benzene rings is 1. The molecule has 1 aromatic carbocycles. The SMILES string of the molecule is CC(=O)Nc1c2n(c3ccc(F)cc13)CC(C)(C(=O)NCCC(C)C)N(C1CCCC1)C2=O. The van der Waals surface area contributed by atoms with Crippen LogP contribution < -0.4 is 10.6 Å². The highest BCUT2D eigenvalue weighted by Gasteiger charge is 2.51. The molecule has 33 heavy (non-hydrogen) atoms. The van der Waals surface area contributed by atoms with E-state index in [0.717, 1.165) is 32.1 Å². The molecule has 1 aromatic heterocycles. The van der Waals surface area contributed by atoms with Crippen LogP contribution in [0.1, 0.15) is 70.3 Å². The number of anilines is 1. The Labute approximate surface area is 193 Å². The van der Waals surface area contributed by atoms with Crippen molar-refractivity contribution in [2.24, 2.45) is 5.92 Å². The van der Waals surface area contributed by atoms with Crippen LogP contribution in [0.15, 0.2) is 18.2 Å². The number of amides is 3. The fraction of sp³-hybridized carbons (Fsp3) is 0.560. The molecule has 0 saturated heterocycles. The lowest BCUT2D eigenvalue weighted by molar-refractivity contribution is -0.134. The largest absolute Gasteiger partial charge is 0.354 e. The Morgan fingerprint density at radius 1 is 1.24 bits per heavy atom. The van der Waals surface area contributed by atoms with Gasteiger partial charge in [-0.05, 0) is 50.3 Å². The predicted molar refractivity (Wildman–Crippen MR) is 125 cm³/mol. The highest BCUT2D eigenvalue weighted by atomic mass is 19.1. The molecule has 2 heterocycles. The molecule has 0 spiro atoms. The molecule has 178 valence electrons. The molecule has 3 amide bonds. The third kappa shape index (κ3) is 4.11. The minimum atomic E-state index is -1.09. The van der Waals surface area contributed by atoms with Crippen molar-refractivity contribution in [2.45, 2.75) is 77.9 Å². The molecule has 7 nitrogen and oxygen atoms in total. The van der Waals surface area contributed by atoms with Gasteiger partial charge < -0.3 is 20.1 Å². The van der Waals surface area contributed by atoms with Gasteiger partial charge in [0.05, 0.1) is 17.7 Å². The molecule has 1 fully saturated rings. The summed E-state index contributed by atoms with van der Waals surface area (Å²) in [6, 6.07) is 4.22. The van der Waals surface area contributed by atoms with Crippen LogP contribution in [0.3, 0.4) is 0 Å². The fourth-order valence-electron chi connectivity index (χ4n) is 5.32. The average Bonchev–Trinajstić information content (AvgIpc) is 3.34. The van der Waals surface area contributed by atoms with Crippen LogP contribution in [0.5, 0.6) is 0 Å². The van der Waals surface area contributed by atoms with E-state index in [9.17, 15) is 18.8 Å². The highest BCUT2D eigenvalue weighted by Crippen LogP contribution is 2.42. The van der Waals surface area contributed by atoms with Gasteiger partial charge in [-0.15, -0.1) is 0 Å². The second-order valence-electron chi connectivity index (χ2n) is 9.98. The number of nitrogens with one attached hydrogen (secondary N) is 2. The van der Waals surface area contributed by atoms with Crippen LogP contribution in [-0.4, -0.2) is 45.3 Å². The van der Waals surface area contributed by atoms with E-state index in [0.29, 0.717) is 34.7 Å². The van der Waals surface area contributed by atoms with Crippen LogP contribution >= 0.6 is 0 Å². The third-order valence-corrected chi connectivity index (χ3v) is 6.93. The minimum Gasteiger partial charge on any atom is -0.354 e. The Hall–Kier alpha value is -2.90. The molecule has 8 heteroatoms. The summed E-state index contributed by atoms with van der Waals surface area (Å²) in [6.07, 6.45) is 4.54. The first-order valence-corrected chi connectivity index (χ1v) is 11.8. The van der Waals surface area contributed by atoms with Crippen molar-refractivity contribution in [1.82, 2.24) is 14.8 Å². The zero-order valence-corrected chi connectivity index (χ0v) is 19.8. The van der Waals surface area contributed by atoms with E-state index in [1.165, 1.54) is 19.1 Å². The third-order valence-electron chi connectivity index (χ3n) is 6.93. The Balaban J connectivity index is 1.85. The van der Waals surface area contributed by atoms with E-state index in [1.807, 2.05) is 6.92 Å². The van der Waals surface area contributed by atoms with Gasteiger partial charge in [0.25, 0.3) is 5.91 Å². The van der Waals surface area contributed by atoms with E-state index in [2.05, 4.69) is 24.5 Å². The van der Waals surface area contributed by atoms with Gasteiger partial charge >= 0.3 is 0 Å². The number of halogens is 1. The van der Waals surface area contributed by atoms with E-state index < -0.39 is 11.4 Å². The highest BCUT2D eigenvalue weighted by molar-refractivity contribution is 6.14. The zero-order valence-electron chi connectivity index (χ0n) is 19.8. The van der Waals surface area contributed by atoms with Crippen LogP contribution in [-0.2, 0) is 16.1 Å². The maximum Gasteiger partial charge on any atom is 0.273 e. The summed E-state index contributed by atoms with van der Waals surface area (Å²) < 4.78 is 15.9. The first-order valence-electron chi connectivity index (χ1n) is 11.8. The van der Waals surface area contributed by atoms with Gasteiger partial charge in [0.15, 0.2) is 0 Å².